The Morgan fingerprint density at radius 2 is 1.65 bits per heavy atom. The normalized spacial score (nSPS) is 11.4. The number of halogens is 1. The van der Waals surface area contributed by atoms with Gasteiger partial charge in [0.05, 0.1) is 4.90 Å². The molecule has 0 bridgehead atoms. The van der Waals surface area contributed by atoms with Crippen LogP contribution in [0.2, 0.25) is 0 Å². The highest BCUT2D eigenvalue weighted by Gasteiger charge is 2.16. The number of anilines is 1. The molecule has 0 unspecified atom stereocenters. The van der Waals surface area contributed by atoms with Crippen LogP contribution in [0.5, 0.6) is 0 Å². The second-order valence-electron chi connectivity index (χ2n) is 6.21. The summed E-state index contributed by atoms with van der Waals surface area (Å²) >= 11 is 0. The van der Waals surface area contributed by atoms with Crippen LogP contribution in [0.15, 0.2) is 59.5 Å². The molecule has 0 aliphatic heterocycles. The Kier molecular flexibility index (Phi) is 4.78. The van der Waals surface area contributed by atoms with E-state index < -0.39 is 10.0 Å². The Balaban J connectivity index is 1.93. The van der Waals surface area contributed by atoms with Crippen molar-refractivity contribution in [3.63, 3.8) is 0 Å². The minimum atomic E-state index is -3.71. The van der Waals surface area contributed by atoms with Crippen LogP contribution in [0, 0.1) is 26.6 Å². The van der Waals surface area contributed by atoms with Gasteiger partial charge in [-0.05, 0) is 73.9 Å². The first-order valence-corrected chi connectivity index (χ1v) is 9.58. The van der Waals surface area contributed by atoms with Gasteiger partial charge in [0.1, 0.15) is 11.6 Å². The van der Waals surface area contributed by atoms with E-state index in [4.69, 9.17) is 0 Å². The lowest BCUT2D eigenvalue weighted by atomic mass is 9.99. The largest absolute Gasteiger partial charge is 0.263 e. The molecule has 1 aromatic heterocycles. The minimum absolute atomic E-state index is 0.190. The molecule has 0 radical (unpaired) electrons. The van der Waals surface area contributed by atoms with E-state index in [9.17, 15) is 12.8 Å². The van der Waals surface area contributed by atoms with E-state index in [-0.39, 0.29) is 16.5 Å². The van der Waals surface area contributed by atoms with E-state index in [0.717, 1.165) is 22.3 Å². The summed E-state index contributed by atoms with van der Waals surface area (Å²) in [5.41, 5.74) is 4.01. The second-order valence-corrected chi connectivity index (χ2v) is 7.89. The van der Waals surface area contributed by atoms with E-state index >= 15 is 0 Å². The molecule has 26 heavy (non-hydrogen) atoms. The fraction of sp³-hybridized carbons (Fsp3) is 0.150. The van der Waals surface area contributed by atoms with Gasteiger partial charge in [-0.2, -0.15) is 0 Å². The van der Waals surface area contributed by atoms with Gasteiger partial charge in [-0.1, -0.05) is 18.2 Å². The summed E-state index contributed by atoms with van der Waals surface area (Å²) < 4.78 is 40.9. The van der Waals surface area contributed by atoms with Crippen LogP contribution in [-0.4, -0.2) is 13.4 Å². The monoisotopic (exact) mass is 370 g/mol. The number of nitrogens with zero attached hydrogens (tertiary/aromatic N) is 1. The van der Waals surface area contributed by atoms with Crippen molar-refractivity contribution in [2.24, 2.45) is 0 Å². The highest BCUT2D eigenvalue weighted by atomic mass is 32.2. The first kappa shape index (κ1) is 18.1. The summed E-state index contributed by atoms with van der Waals surface area (Å²) in [7, 11) is -3.71. The number of aromatic nitrogens is 1. The zero-order valence-corrected chi connectivity index (χ0v) is 15.6. The maximum Gasteiger partial charge on any atom is 0.263 e. The standard InChI is InChI=1S/C20H19FN2O2S/c1-13-5-4-6-17(11-13)26(24,25)23-20-10-9-19(15(3)22-20)18-8-7-16(21)12-14(18)2/h4-12H,1-3H3,(H,22,23). The van der Waals surface area contributed by atoms with E-state index in [2.05, 4.69) is 9.71 Å². The Morgan fingerprint density at radius 1 is 0.923 bits per heavy atom. The number of nitrogens with one attached hydrogen (secondary N) is 1. The summed E-state index contributed by atoms with van der Waals surface area (Å²) in [5, 5.41) is 0. The van der Waals surface area contributed by atoms with Gasteiger partial charge in [-0.3, -0.25) is 4.72 Å². The molecule has 0 saturated heterocycles. The van der Waals surface area contributed by atoms with Crippen LogP contribution in [0.3, 0.4) is 0 Å². The highest BCUT2D eigenvalue weighted by molar-refractivity contribution is 7.92. The molecule has 6 heteroatoms. The summed E-state index contributed by atoms with van der Waals surface area (Å²) in [6, 6.07) is 14.6. The predicted molar refractivity (Wildman–Crippen MR) is 101 cm³/mol. The van der Waals surface area contributed by atoms with Crippen molar-refractivity contribution in [1.29, 1.82) is 0 Å². The summed E-state index contributed by atoms with van der Waals surface area (Å²) in [6.07, 6.45) is 0. The van der Waals surface area contributed by atoms with Crippen LogP contribution >= 0.6 is 0 Å². The third kappa shape index (κ3) is 3.75. The molecule has 0 atom stereocenters. The van der Waals surface area contributed by atoms with Crippen LogP contribution in [0.4, 0.5) is 10.2 Å². The van der Waals surface area contributed by atoms with E-state index in [1.165, 1.54) is 12.1 Å². The third-order valence-corrected chi connectivity index (χ3v) is 5.46. The van der Waals surface area contributed by atoms with Crippen molar-refractivity contribution in [2.75, 3.05) is 4.72 Å². The molecule has 4 nitrogen and oxygen atoms in total. The van der Waals surface area contributed by atoms with Crippen molar-refractivity contribution in [1.82, 2.24) is 4.98 Å². The molecule has 0 fully saturated rings. The van der Waals surface area contributed by atoms with Crippen LogP contribution in [0.1, 0.15) is 16.8 Å². The van der Waals surface area contributed by atoms with E-state index in [1.54, 1.807) is 43.3 Å². The highest BCUT2D eigenvalue weighted by Crippen LogP contribution is 2.28. The molecule has 1 N–H and O–H groups in total. The molecule has 134 valence electrons. The average Bonchev–Trinajstić information content (AvgIpc) is 2.55. The minimum Gasteiger partial charge on any atom is -0.263 e. The lowest BCUT2D eigenvalue weighted by Crippen LogP contribution is -2.14. The van der Waals surface area contributed by atoms with Gasteiger partial charge in [0.2, 0.25) is 0 Å². The van der Waals surface area contributed by atoms with Crippen LogP contribution < -0.4 is 4.72 Å². The number of benzene rings is 2. The predicted octanol–water partition coefficient (Wildman–Crippen LogP) is 4.61. The Hall–Kier alpha value is -2.73. The number of pyridine rings is 1. The smallest absolute Gasteiger partial charge is 0.263 e. The summed E-state index contributed by atoms with van der Waals surface area (Å²) in [5.74, 6) is -0.0492. The molecule has 0 aliphatic rings. The van der Waals surface area contributed by atoms with Gasteiger partial charge in [0, 0.05) is 11.3 Å². The Bertz CT molecular complexity index is 1080. The van der Waals surface area contributed by atoms with Crippen molar-refractivity contribution in [3.05, 3.63) is 77.2 Å². The SMILES string of the molecule is Cc1cccc(S(=O)(=O)Nc2ccc(-c3ccc(F)cc3C)c(C)n2)c1. The van der Waals surface area contributed by atoms with Gasteiger partial charge in [0.15, 0.2) is 0 Å². The number of hydrogen-bond donors (Lipinski definition) is 1. The van der Waals surface area contributed by atoms with Crippen LogP contribution in [-0.2, 0) is 10.0 Å². The number of hydrogen-bond acceptors (Lipinski definition) is 3. The van der Waals surface area contributed by atoms with Crippen molar-refractivity contribution in [2.45, 2.75) is 25.7 Å². The van der Waals surface area contributed by atoms with Crippen molar-refractivity contribution >= 4 is 15.8 Å². The van der Waals surface area contributed by atoms with Crippen molar-refractivity contribution in [3.8, 4) is 11.1 Å². The van der Waals surface area contributed by atoms with Gasteiger partial charge >= 0.3 is 0 Å². The average molecular weight is 370 g/mol. The Labute approximate surface area is 152 Å². The van der Waals surface area contributed by atoms with Gasteiger partial charge in [-0.25, -0.2) is 17.8 Å². The lowest BCUT2D eigenvalue weighted by Gasteiger charge is -2.12. The summed E-state index contributed by atoms with van der Waals surface area (Å²) in [4.78, 5) is 4.55. The van der Waals surface area contributed by atoms with Crippen LogP contribution in [0.25, 0.3) is 11.1 Å². The molecular weight excluding hydrogens is 351 g/mol. The molecule has 0 spiro atoms. The topological polar surface area (TPSA) is 59.1 Å². The molecule has 1 heterocycles. The number of aryl methyl sites for hydroxylation is 3. The maximum absolute atomic E-state index is 13.3. The van der Waals surface area contributed by atoms with Crippen molar-refractivity contribution < 1.29 is 12.8 Å². The molecule has 0 amide bonds. The van der Waals surface area contributed by atoms with E-state index in [1.807, 2.05) is 19.9 Å². The lowest BCUT2D eigenvalue weighted by molar-refractivity contribution is 0.601. The van der Waals surface area contributed by atoms with E-state index in [0.29, 0.717) is 5.69 Å². The Morgan fingerprint density at radius 3 is 2.31 bits per heavy atom. The molecule has 0 saturated carbocycles. The zero-order valence-electron chi connectivity index (χ0n) is 14.7. The number of sulfonamides is 1. The zero-order chi connectivity index (χ0) is 18.9. The first-order chi connectivity index (χ1) is 12.3. The third-order valence-electron chi connectivity index (χ3n) is 4.10. The maximum atomic E-state index is 13.3. The van der Waals surface area contributed by atoms with Gasteiger partial charge in [-0.15, -0.1) is 0 Å². The van der Waals surface area contributed by atoms with Gasteiger partial charge < -0.3 is 0 Å². The fourth-order valence-corrected chi connectivity index (χ4v) is 3.92. The molecule has 0 aliphatic carbocycles. The van der Waals surface area contributed by atoms with Gasteiger partial charge in [0.25, 0.3) is 10.0 Å². The molecule has 3 rings (SSSR count). The molecule has 3 aromatic rings. The molecule has 2 aromatic carbocycles. The molecular formula is C20H19FN2O2S. The second kappa shape index (κ2) is 6.88. The number of rotatable bonds is 4. The quantitative estimate of drug-likeness (QED) is 0.729. The summed E-state index contributed by atoms with van der Waals surface area (Å²) in [6.45, 7) is 5.45. The first-order valence-electron chi connectivity index (χ1n) is 8.10. The fourth-order valence-electron chi connectivity index (χ4n) is 2.81.